The second kappa shape index (κ2) is 9.06. The summed E-state index contributed by atoms with van der Waals surface area (Å²) in [6.45, 7) is 1.81. The van der Waals surface area contributed by atoms with Crippen molar-refractivity contribution in [2.45, 2.75) is 25.7 Å². The largest absolute Gasteiger partial charge is 0.481 e. The fraction of sp³-hybridized carbons (Fsp3) is 0.409. The standard InChI is InChI=1S/C22H24FN3O3S/c1-29-9-2-3-17-13-24-19(16-11-15-6-10-30-20(15)18(23)12-16)21(25-17)26-7-4-14(5-8-26)22(27)28/h6,10-14H,2-5,7-9H2,1H3,(H,27,28). The second-order valence-electron chi connectivity index (χ2n) is 7.53. The molecule has 0 atom stereocenters. The summed E-state index contributed by atoms with van der Waals surface area (Å²) in [6, 6.07) is 5.36. The number of hydrogen-bond donors (Lipinski definition) is 1. The van der Waals surface area contributed by atoms with Gasteiger partial charge in [-0.2, -0.15) is 0 Å². The van der Waals surface area contributed by atoms with Crippen LogP contribution in [0.2, 0.25) is 0 Å². The number of rotatable bonds is 7. The molecule has 1 aliphatic heterocycles. The van der Waals surface area contributed by atoms with E-state index in [-0.39, 0.29) is 11.7 Å². The minimum absolute atomic E-state index is 0.265. The molecule has 0 aliphatic carbocycles. The quantitative estimate of drug-likeness (QED) is 0.562. The summed E-state index contributed by atoms with van der Waals surface area (Å²) in [5, 5.41) is 12.0. The number of nitrogens with zero attached hydrogens (tertiary/aromatic N) is 3. The Bertz CT molecular complexity index is 1050. The Balaban J connectivity index is 1.70. The number of fused-ring (bicyclic) bond motifs is 1. The number of anilines is 1. The molecule has 1 saturated heterocycles. The molecule has 30 heavy (non-hydrogen) atoms. The summed E-state index contributed by atoms with van der Waals surface area (Å²) in [5.41, 5.74) is 2.17. The van der Waals surface area contributed by atoms with Gasteiger partial charge in [0, 0.05) is 38.6 Å². The highest BCUT2D eigenvalue weighted by Gasteiger charge is 2.27. The second-order valence-corrected chi connectivity index (χ2v) is 8.44. The first-order chi connectivity index (χ1) is 14.6. The monoisotopic (exact) mass is 429 g/mol. The zero-order valence-electron chi connectivity index (χ0n) is 16.8. The van der Waals surface area contributed by atoms with E-state index in [2.05, 4.69) is 9.88 Å². The Labute approximate surface area is 178 Å². The zero-order valence-corrected chi connectivity index (χ0v) is 17.6. The van der Waals surface area contributed by atoms with E-state index in [9.17, 15) is 14.3 Å². The molecule has 1 fully saturated rings. The third-order valence-electron chi connectivity index (χ3n) is 5.51. The summed E-state index contributed by atoms with van der Waals surface area (Å²) in [7, 11) is 1.67. The van der Waals surface area contributed by atoms with Crippen LogP contribution in [0.3, 0.4) is 0 Å². The highest BCUT2D eigenvalue weighted by Crippen LogP contribution is 2.34. The van der Waals surface area contributed by atoms with Crippen LogP contribution in [0.15, 0.2) is 29.8 Å². The third kappa shape index (κ3) is 4.29. The van der Waals surface area contributed by atoms with E-state index in [1.165, 1.54) is 17.4 Å². The number of aromatic nitrogens is 2. The number of carbonyl (C=O) groups is 1. The van der Waals surface area contributed by atoms with Gasteiger partial charge in [0.15, 0.2) is 5.82 Å². The van der Waals surface area contributed by atoms with E-state index in [1.54, 1.807) is 13.3 Å². The van der Waals surface area contributed by atoms with Gasteiger partial charge in [-0.15, -0.1) is 11.3 Å². The van der Waals surface area contributed by atoms with Crippen molar-refractivity contribution in [3.63, 3.8) is 0 Å². The fourth-order valence-corrected chi connectivity index (χ4v) is 4.66. The molecule has 4 rings (SSSR count). The van der Waals surface area contributed by atoms with Gasteiger partial charge in [0.2, 0.25) is 0 Å². The highest BCUT2D eigenvalue weighted by atomic mass is 32.1. The molecule has 0 bridgehead atoms. The maximum absolute atomic E-state index is 14.6. The lowest BCUT2D eigenvalue weighted by Crippen LogP contribution is -2.37. The van der Waals surface area contributed by atoms with Crippen molar-refractivity contribution in [3.8, 4) is 11.3 Å². The number of halogens is 1. The average Bonchev–Trinajstić information content (AvgIpc) is 3.23. The van der Waals surface area contributed by atoms with E-state index < -0.39 is 5.97 Å². The van der Waals surface area contributed by atoms with Gasteiger partial charge in [0.25, 0.3) is 0 Å². The predicted molar refractivity (Wildman–Crippen MR) is 116 cm³/mol. The molecule has 158 valence electrons. The number of methoxy groups -OCH3 is 1. The molecule has 3 aromatic rings. The molecule has 2 aromatic heterocycles. The van der Waals surface area contributed by atoms with Crippen molar-refractivity contribution >= 4 is 33.2 Å². The SMILES string of the molecule is COCCCc1cnc(-c2cc(F)c3sccc3c2)c(N2CCC(C(=O)O)CC2)n1. The maximum atomic E-state index is 14.6. The summed E-state index contributed by atoms with van der Waals surface area (Å²) < 4.78 is 20.4. The predicted octanol–water partition coefficient (Wildman–Crippen LogP) is 4.38. The van der Waals surface area contributed by atoms with E-state index in [0.717, 1.165) is 23.9 Å². The molecule has 1 aliphatic rings. The van der Waals surface area contributed by atoms with E-state index in [1.807, 2.05) is 17.5 Å². The lowest BCUT2D eigenvalue weighted by atomic mass is 9.96. The van der Waals surface area contributed by atoms with Crippen molar-refractivity contribution in [3.05, 3.63) is 41.3 Å². The number of benzene rings is 1. The van der Waals surface area contributed by atoms with Crippen LogP contribution in [0.25, 0.3) is 21.3 Å². The van der Waals surface area contributed by atoms with Gasteiger partial charge >= 0.3 is 5.97 Å². The molecule has 0 amide bonds. The first-order valence-corrected chi connectivity index (χ1v) is 10.9. The Morgan fingerprint density at radius 1 is 1.37 bits per heavy atom. The Morgan fingerprint density at radius 3 is 2.90 bits per heavy atom. The number of ether oxygens (including phenoxy) is 1. The highest BCUT2D eigenvalue weighted by molar-refractivity contribution is 7.17. The van der Waals surface area contributed by atoms with Gasteiger partial charge in [-0.1, -0.05) is 0 Å². The topological polar surface area (TPSA) is 75.5 Å². The summed E-state index contributed by atoms with van der Waals surface area (Å²) in [6.07, 6.45) is 4.43. The molecule has 0 saturated carbocycles. The molecule has 0 unspecified atom stereocenters. The van der Waals surface area contributed by atoms with Gasteiger partial charge < -0.3 is 14.7 Å². The fourth-order valence-electron chi connectivity index (χ4n) is 3.87. The molecule has 6 nitrogen and oxygen atoms in total. The van der Waals surface area contributed by atoms with Crippen molar-refractivity contribution in [2.75, 3.05) is 31.7 Å². The third-order valence-corrected chi connectivity index (χ3v) is 6.45. The van der Waals surface area contributed by atoms with Crippen LogP contribution in [-0.2, 0) is 16.0 Å². The number of piperidine rings is 1. The number of hydrogen-bond acceptors (Lipinski definition) is 6. The van der Waals surface area contributed by atoms with Crippen LogP contribution >= 0.6 is 11.3 Å². The molecule has 3 heterocycles. The lowest BCUT2D eigenvalue weighted by molar-refractivity contribution is -0.142. The van der Waals surface area contributed by atoms with Crippen molar-refractivity contribution in [1.29, 1.82) is 0 Å². The first-order valence-electron chi connectivity index (χ1n) is 10.1. The normalized spacial score (nSPS) is 15.1. The Kier molecular flexibility index (Phi) is 6.24. The Morgan fingerprint density at radius 2 is 2.17 bits per heavy atom. The smallest absolute Gasteiger partial charge is 0.306 e. The van der Waals surface area contributed by atoms with E-state index >= 15 is 0 Å². The molecular weight excluding hydrogens is 405 g/mol. The first kappa shape index (κ1) is 20.7. The lowest BCUT2D eigenvalue weighted by Gasteiger charge is -2.32. The molecular formula is C22H24FN3O3S. The van der Waals surface area contributed by atoms with Crippen molar-refractivity contribution < 1.29 is 19.0 Å². The molecule has 1 aromatic carbocycles. The number of thiophene rings is 1. The minimum Gasteiger partial charge on any atom is -0.481 e. The zero-order chi connectivity index (χ0) is 21.1. The molecule has 0 radical (unpaired) electrons. The van der Waals surface area contributed by atoms with Crippen molar-refractivity contribution in [1.82, 2.24) is 9.97 Å². The van der Waals surface area contributed by atoms with Crippen LogP contribution in [0, 0.1) is 11.7 Å². The number of carboxylic acid groups (broad SMARTS) is 1. The van der Waals surface area contributed by atoms with Crippen LogP contribution in [0.5, 0.6) is 0 Å². The van der Waals surface area contributed by atoms with Gasteiger partial charge in [0.05, 0.1) is 16.3 Å². The van der Waals surface area contributed by atoms with Gasteiger partial charge in [-0.3, -0.25) is 9.78 Å². The molecule has 8 heteroatoms. The average molecular weight is 430 g/mol. The van der Waals surface area contributed by atoms with Gasteiger partial charge in [-0.05, 0) is 54.6 Å². The summed E-state index contributed by atoms with van der Waals surface area (Å²) in [4.78, 5) is 22.9. The summed E-state index contributed by atoms with van der Waals surface area (Å²) in [5.74, 6) is -0.650. The maximum Gasteiger partial charge on any atom is 0.306 e. The summed E-state index contributed by atoms with van der Waals surface area (Å²) >= 11 is 1.38. The van der Waals surface area contributed by atoms with E-state index in [4.69, 9.17) is 9.72 Å². The number of aliphatic carboxylic acids is 1. The minimum atomic E-state index is -0.751. The van der Waals surface area contributed by atoms with Crippen LogP contribution in [-0.4, -0.2) is 47.8 Å². The van der Waals surface area contributed by atoms with Crippen LogP contribution < -0.4 is 4.90 Å². The van der Waals surface area contributed by atoms with Crippen LogP contribution in [0.1, 0.15) is 25.0 Å². The van der Waals surface area contributed by atoms with Crippen molar-refractivity contribution in [2.24, 2.45) is 5.92 Å². The number of aryl methyl sites for hydroxylation is 1. The molecule has 0 spiro atoms. The number of carboxylic acids is 1. The molecule has 1 N–H and O–H groups in total. The Hall–Kier alpha value is -2.58. The van der Waals surface area contributed by atoms with Gasteiger partial charge in [0.1, 0.15) is 11.5 Å². The van der Waals surface area contributed by atoms with Crippen LogP contribution in [0.4, 0.5) is 10.2 Å². The van der Waals surface area contributed by atoms with Gasteiger partial charge in [-0.25, -0.2) is 9.37 Å². The van der Waals surface area contributed by atoms with E-state index in [0.29, 0.717) is 54.3 Å².